The van der Waals surface area contributed by atoms with Gasteiger partial charge in [-0.05, 0) is 47.9 Å². The molecule has 0 aliphatic carbocycles. The Morgan fingerprint density at radius 3 is 2.61 bits per heavy atom. The molecule has 0 unspecified atom stereocenters. The van der Waals surface area contributed by atoms with Crippen molar-refractivity contribution in [2.24, 2.45) is 0 Å². The highest BCUT2D eigenvalue weighted by molar-refractivity contribution is 5.94. The quantitative estimate of drug-likeness (QED) is 0.579. The van der Waals surface area contributed by atoms with Gasteiger partial charge in [-0.15, -0.1) is 0 Å². The maximum Gasteiger partial charge on any atom is 0.255 e. The molecule has 3 heterocycles. The van der Waals surface area contributed by atoms with Crippen LogP contribution in [0, 0.1) is 0 Å². The van der Waals surface area contributed by atoms with Crippen molar-refractivity contribution in [3.8, 4) is 17.4 Å². The lowest BCUT2D eigenvalue weighted by atomic mass is 9.99. The van der Waals surface area contributed by atoms with E-state index in [0.717, 1.165) is 23.4 Å². The number of nitrogens with zero attached hydrogens (tertiary/aromatic N) is 3. The van der Waals surface area contributed by atoms with Gasteiger partial charge < -0.3 is 19.1 Å². The fourth-order valence-electron chi connectivity index (χ4n) is 3.40. The lowest BCUT2D eigenvalue weighted by Crippen LogP contribution is -2.36. The summed E-state index contributed by atoms with van der Waals surface area (Å²) in [5, 5.41) is 0. The van der Waals surface area contributed by atoms with Crippen LogP contribution in [-0.4, -0.2) is 41.3 Å². The number of carbonyl (C=O) groups is 1. The van der Waals surface area contributed by atoms with Gasteiger partial charge in [0.1, 0.15) is 18.1 Å². The topological polar surface area (TPSA) is 73.8 Å². The molecular weight excluding hydrogens is 401 g/mol. The Kier molecular flexibility index (Phi) is 6.26. The van der Waals surface area contributed by atoms with Gasteiger partial charge in [-0.1, -0.05) is 6.07 Å². The number of amides is 1. The predicted octanol–water partition coefficient (Wildman–Crippen LogP) is 3.57. The van der Waals surface area contributed by atoms with E-state index in [1.165, 1.54) is 17.8 Å². The van der Waals surface area contributed by atoms with E-state index in [9.17, 15) is 9.18 Å². The molecule has 31 heavy (non-hydrogen) atoms. The Bertz CT molecular complexity index is 1040. The second-order valence-electron chi connectivity index (χ2n) is 7.02. The number of fused-ring (bicyclic) bond motifs is 1. The van der Waals surface area contributed by atoms with Crippen molar-refractivity contribution in [2.45, 2.75) is 19.6 Å². The first-order valence-corrected chi connectivity index (χ1v) is 9.84. The van der Waals surface area contributed by atoms with Gasteiger partial charge in [0.25, 0.3) is 5.91 Å². The van der Waals surface area contributed by atoms with Crippen molar-refractivity contribution >= 4 is 5.91 Å². The molecular formula is C23H22FN3O4. The summed E-state index contributed by atoms with van der Waals surface area (Å²) in [5.74, 6) is 1.44. The van der Waals surface area contributed by atoms with Gasteiger partial charge in [-0.25, -0.2) is 9.37 Å². The summed E-state index contributed by atoms with van der Waals surface area (Å²) in [6.07, 6.45) is 3.82. The number of methoxy groups -OCH3 is 1. The Morgan fingerprint density at radius 1 is 1.03 bits per heavy atom. The predicted molar refractivity (Wildman–Crippen MR) is 111 cm³/mol. The van der Waals surface area contributed by atoms with Crippen LogP contribution in [0.15, 0.2) is 54.9 Å². The molecule has 0 bridgehead atoms. The molecule has 0 radical (unpaired) electrons. The number of hydrogen-bond acceptors (Lipinski definition) is 6. The van der Waals surface area contributed by atoms with Crippen LogP contribution in [0.1, 0.15) is 27.2 Å². The van der Waals surface area contributed by atoms with E-state index in [1.54, 1.807) is 24.3 Å². The summed E-state index contributed by atoms with van der Waals surface area (Å²) < 4.78 is 27.9. The number of hydrogen-bond donors (Lipinski definition) is 0. The molecule has 1 aliphatic rings. The fourth-order valence-corrected chi connectivity index (χ4v) is 3.40. The summed E-state index contributed by atoms with van der Waals surface area (Å²) in [7, 11) is 1.60. The third-order valence-corrected chi connectivity index (χ3v) is 5.08. The molecule has 7 nitrogen and oxygen atoms in total. The van der Waals surface area contributed by atoms with E-state index in [2.05, 4.69) is 14.7 Å². The van der Waals surface area contributed by atoms with E-state index in [-0.39, 0.29) is 11.8 Å². The lowest BCUT2D eigenvalue weighted by Gasteiger charge is -2.29. The van der Waals surface area contributed by atoms with Crippen molar-refractivity contribution in [3.05, 3.63) is 77.2 Å². The third kappa shape index (κ3) is 4.91. The van der Waals surface area contributed by atoms with Gasteiger partial charge in [-0.3, -0.25) is 9.78 Å². The summed E-state index contributed by atoms with van der Waals surface area (Å²) in [6.45, 7) is 0.478. The van der Waals surface area contributed by atoms with Crippen molar-refractivity contribution in [1.29, 1.82) is 0 Å². The molecule has 0 spiro atoms. The highest BCUT2D eigenvalue weighted by Gasteiger charge is 2.22. The van der Waals surface area contributed by atoms with Crippen molar-refractivity contribution in [2.75, 3.05) is 20.5 Å². The minimum absolute atomic E-state index is 0.126. The highest BCUT2D eigenvalue weighted by atomic mass is 19.1. The minimum atomic E-state index is -0.956. The van der Waals surface area contributed by atoms with Gasteiger partial charge in [0.2, 0.25) is 12.7 Å². The molecule has 1 amide bonds. The SMILES string of the molecule is COc1ccc(COc2ccc3c(c2)CN(C(=O)c2ccc(OCF)nc2)CC3)nc1. The molecule has 0 N–H and O–H groups in total. The lowest BCUT2D eigenvalue weighted by molar-refractivity contribution is 0.0734. The van der Waals surface area contributed by atoms with Crippen molar-refractivity contribution < 1.29 is 23.4 Å². The normalized spacial score (nSPS) is 12.8. The van der Waals surface area contributed by atoms with Crippen molar-refractivity contribution in [1.82, 2.24) is 14.9 Å². The van der Waals surface area contributed by atoms with E-state index in [1.807, 2.05) is 30.3 Å². The average molecular weight is 423 g/mol. The van der Waals surface area contributed by atoms with Crippen LogP contribution >= 0.6 is 0 Å². The maximum absolute atomic E-state index is 12.8. The average Bonchev–Trinajstić information content (AvgIpc) is 2.83. The van der Waals surface area contributed by atoms with E-state index < -0.39 is 6.86 Å². The van der Waals surface area contributed by atoms with E-state index in [0.29, 0.717) is 31.0 Å². The molecule has 8 heteroatoms. The molecule has 3 aromatic rings. The Balaban J connectivity index is 1.41. The van der Waals surface area contributed by atoms with Crippen molar-refractivity contribution in [3.63, 3.8) is 0 Å². The van der Waals surface area contributed by atoms with Crippen LogP contribution in [-0.2, 0) is 19.6 Å². The van der Waals surface area contributed by atoms with Crippen LogP contribution in [0.2, 0.25) is 0 Å². The second-order valence-corrected chi connectivity index (χ2v) is 7.02. The fraction of sp³-hybridized carbons (Fsp3) is 0.261. The molecule has 4 rings (SSSR count). The van der Waals surface area contributed by atoms with Gasteiger partial charge in [0.05, 0.1) is 24.6 Å². The van der Waals surface area contributed by atoms with E-state index >= 15 is 0 Å². The van der Waals surface area contributed by atoms with Crippen LogP contribution in [0.25, 0.3) is 0 Å². The number of benzene rings is 1. The molecule has 0 fully saturated rings. The zero-order valence-corrected chi connectivity index (χ0v) is 17.1. The number of pyridine rings is 2. The number of aromatic nitrogens is 2. The Morgan fingerprint density at radius 2 is 1.90 bits per heavy atom. The first-order chi connectivity index (χ1) is 15.2. The van der Waals surface area contributed by atoms with Crippen LogP contribution in [0.3, 0.4) is 0 Å². The zero-order valence-electron chi connectivity index (χ0n) is 17.1. The molecule has 160 valence electrons. The number of alkyl halides is 1. The monoisotopic (exact) mass is 423 g/mol. The van der Waals surface area contributed by atoms with Crippen LogP contribution < -0.4 is 14.2 Å². The summed E-state index contributed by atoms with van der Waals surface area (Å²) in [6, 6.07) is 12.7. The second kappa shape index (κ2) is 9.42. The number of halogens is 1. The zero-order chi connectivity index (χ0) is 21.6. The molecule has 2 aromatic heterocycles. The van der Waals surface area contributed by atoms with E-state index in [4.69, 9.17) is 9.47 Å². The smallest absolute Gasteiger partial charge is 0.255 e. The summed E-state index contributed by atoms with van der Waals surface area (Å²) >= 11 is 0. The van der Waals surface area contributed by atoms with Gasteiger partial charge >= 0.3 is 0 Å². The summed E-state index contributed by atoms with van der Waals surface area (Å²) in [4.78, 5) is 22.9. The Hall–Kier alpha value is -3.68. The largest absolute Gasteiger partial charge is 0.495 e. The van der Waals surface area contributed by atoms with Gasteiger partial charge in [0, 0.05) is 25.4 Å². The van der Waals surface area contributed by atoms with Gasteiger partial charge in [-0.2, -0.15) is 0 Å². The first-order valence-electron chi connectivity index (χ1n) is 9.84. The molecule has 0 saturated heterocycles. The maximum atomic E-state index is 12.8. The number of carbonyl (C=O) groups excluding carboxylic acids is 1. The highest BCUT2D eigenvalue weighted by Crippen LogP contribution is 2.25. The Labute approximate surface area is 179 Å². The van der Waals surface area contributed by atoms with Gasteiger partial charge in [0.15, 0.2) is 0 Å². The van der Waals surface area contributed by atoms with Crippen LogP contribution in [0.4, 0.5) is 4.39 Å². The first kappa shape index (κ1) is 20.6. The minimum Gasteiger partial charge on any atom is -0.495 e. The molecule has 0 atom stereocenters. The third-order valence-electron chi connectivity index (χ3n) is 5.08. The molecule has 0 saturated carbocycles. The standard InChI is InChI=1S/C23H22FN3O4/c1-29-21-6-4-19(25-12-21)14-30-20-5-2-16-8-9-27(13-18(16)10-20)23(28)17-3-7-22(26-11-17)31-15-24/h2-7,10-12H,8-9,13-15H2,1H3. The molecule has 1 aromatic carbocycles. The molecule has 1 aliphatic heterocycles. The van der Waals surface area contributed by atoms with Crippen LogP contribution in [0.5, 0.6) is 17.4 Å². The number of rotatable bonds is 7. The summed E-state index contributed by atoms with van der Waals surface area (Å²) in [5.41, 5.74) is 3.48. The number of ether oxygens (including phenoxy) is 3.